The second-order valence-corrected chi connectivity index (χ2v) is 5.41. The van der Waals surface area contributed by atoms with Gasteiger partial charge in [-0.1, -0.05) is 30.3 Å². The van der Waals surface area contributed by atoms with Gasteiger partial charge < -0.3 is 14.4 Å². The van der Waals surface area contributed by atoms with E-state index in [0.717, 1.165) is 18.1 Å². The zero-order chi connectivity index (χ0) is 16.9. The van der Waals surface area contributed by atoms with E-state index in [9.17, 15) is 13.6 Å². The van der Waals surface area contributed by atoms with Gasteiger partial charge in [-0.3, -0.25) is 0 Å². The summed E-state index contributed by atoms with van der Waals surface area (Å²) in [5.41, 5.74) is 0.902. The predicted octanol–water partition coefficient (Wildman–Crippen LogP) is 3.15. The first-order chi connectivity index (χ1) is 11.6. The van der Waals surface area contributed by atoms with Crippen LogP contribution >= 0.6 is 0 Å². The van der Waals surface area contributed by atoms with Crippen LogP contribution in [0.3, 0.4) is 0 Å². The average Bonchev–Trinajstić information content (AvgIpc) is 2.55. The number of benzene rings is 1. The van der Waals surface area contributed by atoms with Crippen LogP contribution in [0.4, 0.5) is 13.6 Å². The van der Waals surface area contributed by atoms with Crippen LogP contribution in [0, 0.1) is 11.9 Å². The minimum absolute atomic E-state index is 0.102. The molecular weight excluding hydrogens is 318 g/mol. The molecule has 0 radical (unpaired) electrons. The molecule has 24 heavy (non-hydrogen) atoms. The largest absolute Gasteiger partial charge is 0.487 e. The van der Waals surface area contributed by atoms with Crippen LogP contribution in [0.5, 0.6) is 5.75 Å². The summed E-state index contributed by atoms with van der Waals surface area (Å²) in [4.78, 5) is 16.6. The fraction of sp³-hybridized carbons (Fsp3) is 0.294. The maximum Gasteiger partial charge on any atom is 0.410 e. The Balaban J connectivity index is 1.48. The number of amides is 1. The number of rotatable bonds is 5. The summed E-state index contributed by atoms with van der Waals surface area (Å²) in [6.07, 6.45) is 0.299. The number of aromatic nitrogens is 1. The molecule has 0 unspecified atom stereocenters. The van der Waals surface area contributed by atoms with E-state index in [4.69, 9.17) is 9.47 Å². The zero-order valence-electron chi connectivity index (χ0n) is 12.8. The highest BCUT2D eigenvalue weighted by Gasteiger charge is 2.34. The third-order valence-electron chi connectivity index (χ3n) is 3.80. The van der Waals surface area contributed by atoms with Gasteiger partial charge in [0.2, 0.25) is 5.95 Å². The van der Waals surface area contributed by atoms with Gasteiger partial charge in [0.25, 0.3) is 5.95 Å². The lowest BCUT2D eigenvalue weighted by Crippen LogP contribution is -2.54. The standard InChI is InChI=1S/C17H16F2N2O3/c18-15-7-6-14(16(19)20-15)23-11-13-8-9-21(13)17(22)24-10-12-4-2-1-3-5-12/h1-7,13H,8-11H2/t13-/m0/s1. The molecule has 1 aromatic carbocycles. The number of carbonyl (C=O) groups is 1. The van der Waals surface area contributed by atoms with Crippen LogP contribution in [-0.4, -0.2) is 35.2 Å². The highest BCUT2D eigenvalue weighted by molar-refractivity contribution is 5.69. The average molecular weight is 334 g/mol. The van der Waals surface area contributed by atoms with Gasteiger partial charge in [-0.2, -0.15) is 13.8 Å². The molecule has 2 aromatic rings. The fourth-order valence-corrected chi connectivity index (χ4v) is 2.35. The van der Waals surface area contributed by atoms with E-state index in [1.165, 1.54) is 11.0 Å². The Bertz CT molecular complexity index is 712. The molecule has 1 atom stereocenters. The minimum atomic E-state index is -1.01. The van der Waals surface area contributed by atoms with Gasteiger partial charge in [0.15, 0.2) is 5.75 Å². The maximum atomic E-state index is 13.4. The fourth-order valence-electron chi connectivity index (χ4n) is 2.35. The Labute approximate surface area is 137 Å². The molecule has 5 nitrogen and oxygen atoms in total. The number of carbonyl (C=O) groups excluding carboxylic acids is 1. The van der Waals surface area contributed by atoms with E-state index >= 15 is 0 Å². The SMILES string of the molecule is O=C(OCc1ccccc1)N1CC[C@H]1COc1ccc(F)nc1F. The van der Waals surface area contributed by atoms with Crippen molar-refractivity contribution in [1.29, 1.82) is 0 Å². The van der Waals surface area contributed by atoms with E-state index in [2.05, 4.69) is 4.98 Å². The molecule has 3 rings (SSSR count). The molecule has 1 aliphatic rings. The lowest BCUT2D eigenvalue weighted by atomic mass is 10.1. The Hall–Kier alpha value is -2.70. The van der Waals surface area contributed by atoms with Crippen molar-refractivity contribution in [1.82, 2.24) is 9.88 Å². The van der Waals surface area contributed by atoms with Gasteiger partial charge >= 0.3 is 6.09 Å². The molecule has 0 N–H and O–H groups in total. The first-order valence-corrected chi connectivity index (χ1v) is 7.55. The summed E-state index contributed by atoms with van der Waals surface area (Å²) < 4.78 is 36.7. The highest BCUT2D eigenvalue weighted by atomic mass is 19.1. The monoisotopic (exact) mass is 334 g/mol. The van der Waals surface area contributed by atoms with Gasteiger partial charge in [0, 0.05) is 6.54 Å². The molecule has 0 saturated carbocycles. The van der Waals surface area contributed by atoms with E-state index in [-0.39, 0.29) is 25.0 Å². The normalized spacial score (nSPS) is 16.4. The summed E-state index contributed by atoms with van der Waals surface area (Å²) >= 11 is 0. The zero-order valence-corrected chi connectivity index (χ0v) is 12.8. The Kier molecular flexibility index (Phi) is 4.88. The van der Waals surface area contributed by atoms with Crippen LogP contribution in [0.1, 0.15) is 12.0 Å². The summed E-state index contributed by atoms with van der Waals surface area (Å²) in [7, 11) is 0. The molecule has 1 amide bonds. The number of halogens is 2. The van der Waals surface area contributed by atoms with Gasteiger partial charge in [-0.15, -0.1) is 0 Å². The van der Waals surface area contributed by atoms with Crippen LogP contribution in [0.25, 0.3) is 0 Å². The Morgan fingerprint density at radius 3 is 2.67 bits per heavy atom. The summed E-state index contributed by atoms with van der Waals surface area (Å²) in [6.45, 7) is 0.858. The summed E-state index contributed by atoms with van der Waals surface area (Å²) in [6, 6.07) is 11.4. The second-order valence-electron chi connectivity index (χ2n) is 5.41. The van der Waals surface area contributed by atoms with Crippen molar-refractivity contribution >= 4 is 6.09 Å². The van der Waals surface area contributed by atoms with Crippen LogP contribution in [0.2, 0.25) is 0 Å². The number of nitrogens with zero attached hydrogens (tertiary/aromatic N) is 2. The predicted molar refractivity (Wildman–Crippen MR) is 81.4 cm³/mol. The Morgan fingerprint density at radius 2 is 2.00 bits per heavy atom. The van der Waals surface area contributed by atoms with Crippen molar-refractivity contribution in [3.05, 3.63) is 59.9 Å². The van der Waals surface area contributed by atoms with Crippen molar-refractivity contribution in [3.8, 4) is 5.75 Å². The molecule has 2 heterocycles. The molecule has 1 saturated heterocycles. The van der Waals surface area contributed by atoms with E-state index < -0.39 is 18.0 Å². The molecule has 1 aliphatic heterocycles. The lowest BCUT2D eigenvalue weighted by Gasteiger charge is -2.39. The quantitative estimate of drug-likeness (QED) is 0.788. The van der Waals surface area contributed by atoms with Crippen LogP contribution in [0.15, 0.2) is 42.5 Å². The molecule has 0 aliphatic carbocycles. The molecule has 1 aromatic heterocycles. The van der Waals surface area contributed by atoms with Crippen molar-refractivity contribution in [3.63, 3.8) is 0 Å². The van der Waals surface area contributed by atoms with Gasteiger partial charge in [0.1, 0.15) is 13.2 Å². The van der Waals surface area contributed by atoms with Crippen LogP contribution < -0.4 is 4.74 Å². The maximum absolute atomic E-state index is 13.4. The van der Waals surface area contributed by atoms with Gasteiger partial charge in [-0.05, 0) is 24.1 Å². The molecule has 0 bridgehead atoms. The lowest BCUT2D eigenvalue weighted by molar-refractivity contribution is 0.0253. The number of likely N-dealkylation sites (tertiary alicyclic amines) is 1. The molecule has 126 valence electrons. The van der Waals surface area contributed by atoms with Gasteiger partial charge in [0.05, 0.1) is 6.04 Å². The minimum Gasteiger partial charge on any atom is -0.487 e. The van der Waals surface area contributed by atoms with E-state index in [1.54, 1.807) is 0 Å². The third-order valence-corrected chi connectivity index (χ3v) is 3.80. The Morgan fingerprint density at radius 1 is 1.21 bits per heavy atom. The number of ether oxygens (including phenoxy) is 2. The molecular formula is C17H16F2N2O3. The van der Waals surface area contributed by atoms with E-state index in [0.29, 0.717) is 6.54 Å². The molecule has 0 spiro atoms. The first-order valence-electron chi connectivity index (χ1n) is 7.55. The number of hydrogen-bond donors (Lipinski definition) is 0. The third kappa shape index (κ3) is 3.79. The van der Waals surface area contributed by atoms with Crippen LogP contribution in [-0.2, 0) is 11.3 Å². The highest BCUT2D eigenvalue weighted by Crippen LogP contribution is 2.22. The van der Waals surface area contributed by atoms with Crippen molar-refractivity contribution in [2.75, 3.05) is 13.2 Å². The molecule has 1 fully saturated rings. The van der Waals surface area contributed by atoms with Crippen molar-refractivity contribution < 1.29 is 23.0 Å². The topological polar surface area (TPSA) is 51.7 Å². The van der Waals surface area contributed by atoms with E-state index in [1.807, 2.05) is 30.3 Å². The number of hydrogen-bond acceptors (Lipinski definition) is 4. The van der Waals surface area contributed by atoms with Crippen molar-refractivity contribution in [2.45, 2.75) is 19.1 Å². The molecule has 7 heteroatoms. The number of pyridine rings is 1. The van der Waals surface area contributed by atoms with Gasteiger partial charge in [-0.25, -0.2) is 4.79 Å². The van der Waals surface area contributed by atoms with Crippen molar-refractivity contribution in [2.24, 2.45) is 0 Å². The second kappa shape index (κ2) is 7.25. The smallest absolute Gasteiger partial charge is 0.410 e. The first kappa shape index (κ1) is 16.2. The summed E-state index contributed by atoms with van der Waals surface area (Å²) in [5, 5.41) is 0. The summed E-state index contributed by atoms with van der Waals surface area (Å²) in [5.74, 6) is -2.05.